The summed E-state index contributed by atoms with van der Waals surface area (Å²) < 4.78 is 5.79. The summed E-state index contributed by atoms with van der Waals surface area (Å²) in [6.45, 7) is 0. The molecule has 4 N–H and O–H groups in total. The lowest BCUT2D eigenvalue weighted by molar-refractivity contribution is 0.620. The Hall–Kier alpha value is -2.76. The van der Waals surface area contributed by atoms with E-state index in [0.717, 1.165) is 22.2 Å². The van der Waals surface area contributed by atoms with Crippen molar-refractivity contribution in [3.63, 3.8) is 0 Å². The Kier molecular flexibility index (Phi) is 5.51. The first kappa shape index (κ1) is 18.6. The monoisotopic (exact) mass is 374 g/mol. The fourth-order valence-electron chi connectivity index (χ4n) is 2.51. The molecule has 0 aliphatic rings. The quantitative estimate of drug-likeness (QED) is 0.501. The van der Waals surface area contributed by atoms with Gasteiger partial charge in [-0.25, -0.2) is 9.97 Å². The van der Waals surface area contributed by atoms with Gasteiger partial charge in [0.1, 0.15) is 11.3 Å². The number of fused-ring (bicyclic) bond motifs is 1. The molecule has 7 heteroatoms. The summed E-state index contributed by atoms with van der Waals surface area (Å²) in [6, 6.07) is 17.1. The minimum atomic E-state index is 0. The molecule has 0 saturated carbocycles. The molecule has 0 saturated heterocycles. The normalized spacial score (nSPS) is 10.1. The number of anilines is 2. The lowest BCUT2D eigenvalue weighted by Crippen LogP contribution is -1.95. The average Bonchev–Trinajstić information content (AvgIpc) is 2.99. The van der Waals surface area contributed by atoms with Crippen LogP contribution in [-0.4, -0.2) is 9.97 Å². The van der Waals surface area contributed by atoms with Crippen LogP contribution in [0.1, 0.15) is 0 Å². The van der Waals surface area contributed by atoms with E-state index < -0.39 is 0 Å². The number of aromatic nitrogens is 2. The summed E-state index contributed by atoms with van der Waals surface area (Å²) in [5.74, 6) is 0.839. The molecule has 0 spiro atoms. The Morgan fingerprint density at radius 3 is 2.40 bits per heavy atom. The molecule has 5 nitrogen and oxygen atoms in total. The van der Waals surface area contributed by atoms with Crippen molar-refractivity contribution in [2.75, 3.05) is 11.5 Å². The topological polar surface area (TPSA) is 91.0 Å². The highest BCUT2D eigenvalue weighted by atomic mass is 35.5. The summed E-state index contributed by atoms with van der Waals surface area (Å²) in [7, 11) is 0. The van der Waals surface area contributed by atoms with Gasteiger partial charge in [-0.2, -0.15) is 0 Å². The Labute approximate surface area is 156 Å². The van der Waals surface area contributed by atoms with E-state index in [2.05, 4.69) is 9.97 Å². The summed E-state index contributed by atoms with van der Waals surface area (Å²) in [6.07, 6.45) is 1.72. The van der Waals surface area contributed by atoms with Crippen LogP contribution in [0.25, 0.3) is 33.7 Å². The molecule has 128 valence electrons. The van der Waals surface area contributed by atoms with E-state index in [9.17, 15) is 0 Å². The highest BCUT2D eigenvalue weighted by Gasteiger charge is 2.13. The van der Waals surface area contributed by atoms with Crippen LogP contribution in [0.3, 0.4) is 0 Å². The number of nitrogens with two attached hydrogens (primary N) is 2. The number of nitrogens with zero attached hydrogens (tertiary/aromatic N) is 2. The maximum atomic E-state index is 6.02. The third-order valence-electron chi connectivity index (χ3n) is 3.66. The van der Waals surface area contributed by atoms with Crippen molar-refractivity contribution in [3.8, 4) is 22.6 Å². The predicted molar refractivity (Wildman–Crippen MR) is 106 cm³/mol. The first-order valence-electron chi connectivity index (χ1n) is 7.18. The first-order valence-corrected chi connectivity index (χ1v) is 7.18. The van der Waals surface area contributed by atoms with Crippen LogP contribution < -0.4 is 11.5 Å². The summed E-state index contributed by atoms with van der Waals surface area (Å²) in [5.41, 5.74) is 16.6. The van der Waals surface area contributed by atoms with E-state index >= 15 is 0 Å². The summed E-state index contributed by atoms with van der Waals surface area (Å²) >= 11 is 0. The second-order valence-electron chi connectivity index (χ2n) is 5.27. The molecule has 0 unspecified atom stereocenters. The molecule has 0 atom stereocenters. The average molecular weight is 375 g/mol. The molecule has 2 aromatic heterocycles. The van der Waals surface area contributed by atoms with E-state index in [1.165, 1.54) is 0 Å². The first-order chi connectivity index (χ1) is 11.2. The SMILES string of the molecule is Cl.Cl.Nc1cccc(-c2cnc(N)c(-c3nc4ccccc4o3)c2)c1. The van der Waals surface area contributed by atoms with Gasteiger partial charge in [-0.3, -0.25) is 0 Å². The smallest absolute Gasteiger partial charge is 0.231 e. The second-order valence-corrected chi connectivity index (χ2v) is 5.27. The fourth-order valence-corrected chi connectivity index (χ4v) is 2.51. The van der Waals surface area contributed by atoms with Crippen molar-refractivity contribution in [1.29, 1.82) is 0 Å². The molecule has 2 aromatic carbocycles. The second kappa shape index (κ2) is 7.42. The molecule has 0 fully saturated rings. The molecule has 0 radical (unpaired) electrons. The lowest BCUT2D eigenvalue weighted by atomic mass is 10.0. The van der Waals surface area contributed by atoms with Gasteiger partial charge >= 0.3 is 0 Å². The minimum absolute atomic E-state index is 0. The molecular weight excluding hydrogens is 359 g/mol. The molecule has 4 aromatic rings. The number of pyridine rings is 1. The molecule has 4 rings (SSSR count). The van der Waals surface area contributed by atoms with Crippen LogP contribution in [0.15, 0.2) is 65.2 Å². The Balaban J connectivity index is 0.00000113. The van der Waals surface area contributed by atoms with Gasteiger partial charge < -0.3 is 15.9 Å². The van der Waals surface area contributed by atoms with Crippen molar-refractivity contribution >= 4 is 47.4 Å². The van der Waals surface area contributed by atoms with Gasteiger partial charge in [0.15, 0.2) is 5.58 Å². The molecule has 2 heterocycles. The molecule has 0 amide bonds. The van der Waals surface area contributed by atoms with Crippen molar-refractivity contribution in [2.24, 2.45) is 0 Å². The van der Waals surface area contributed by atoms with Crippen molar-refractivity contribution < 1.29 is 4.42 Å². The van der Waals surface area contributed by atoms with Gasteiger partial charge in [-0.05, 0) is 35.9 Å². The number of halogens is 2. The van der Waals surface area contributed by atoms with Gasteiger partial charge in [-0.15, -0.1) is 24.8 Å². The number of benzene rings is 2. The zero-order valence-electron chi connectivity index (χ0n) is 13.0. The van der Waals surface area contributed by atoms with E-state index in [1.54, 1.807) is 6.20 Å². The predicted octanol–water partition coefficient (Wildman–Crippen LogP) is 4.56. The van der Waals surface area contributed by atoms with Crippen LogP contribution >= 0.6 is 24.8 Å². The summed E-state index contributed by atoms with van der Waals surface area (Å²) in [4.78, 5) is 8.75. The number of hydrogen-bond donors (Lipinski definition) is 2. The molecule has 0 aliphatic heterocycles. The van der Waals surface area contributed by atoms with E-state index in [0.29, 0.717) is 23.0 Å². The van der Waals surface area contributed by atoms with Crippen LogP contribution in [0, 0.1) is 0 Å². The highest BCUT2D eigenvalue weighted by Crippen LogP contribution is 2.31. The highest BCUT2D eigenvalue weighted by molar-refractivity contribution is 5.85. The van der Waals surface area contributed by atoms with Crippen molar-refractivity contribution in [3.05, 3.63) is 60.8 Å². The zero-order chi connectivity index (χ0) is 15.8. The largest absolute Gasteiger partial charge is 0.436 e. The Bertz CT molecular complexity index is 984. The van der Waals surface area contributed by atoms with Gasteiger partial charge in [0, 0.05) is 17.4 Å². The van der Waals surface area contributed by atoms with Crippen molar-refractivity contribution in [1.82, 2.24) is 9.97 Å². The number of para-hydroxylation sites is 2. The fraction of sp³-hybridized carbons (Fsp3) is 0. The minimum Gasteiger partial charge on any atom is -0.436 e. The maximum absolute atomic E-state index is 6.02. The standard InChI is InChI=1S/C18H14N4O.2ClH/c19-13-5-3-4-11(8-13)12-9-14(17(20)21-10-12)18-22-15-6-1-2-7-16(15)23-18;;/h1-10H,19H2,(H2,20,21);2*1H. The van der Waals surface area contributed by atoms with Gasteiger partial charge in [-0.1, -0.05) is 24.3 Å². The van der Waals surface area contributed by atoms with E-state index in [-0.39, 0.29) is 24.8 Å². The Morgan fingerprint density at radius 2 is 1.64 bits per heavy atom. The third-order valence-corrected chi connectivity index (χ3v) is 3.66. The molecule has 0 bridgehead atoms. The molecule has 0 aliphatic carbocycles. The number of nitrogen functional groups attached to an aromatic ring is 2. The maximum Gasteiger partial charge on any atom is 0.231 e. The van der Waals surface area contributed by atoms with Crippen molar-refractivity contribution in [2.45, 2.75) is 0 Å². The van der Waals surface area contributed by atoms with Crippen LogP contribution in [0.4, 0.5) is 11.5 Å². The lowest BCUT2D eigenvalue weighted by Gasteiger charge is -2.06. The summed E-state index contributed by atoms with van der Waals surface area (Å²) in [5, 5.41) is 0. The van der Waals surface area contributed by atoms with Gasteiger partial charge in [0.25, 0.3) is 0 Å². The third kappa shape index (κ3) is 3.52. The molecular formula is C18H16Cl2N4O. The van der Waals surface area contributed by atoms with Crippen LogP contribution in [-0.2, 0) is 0 Å². The van der Waals surface area contributed by atoms with Crippen LogP contribution in [0.2, 0.25) is 0 Å². The van der Waals surface area contributed by atoms with Gasteiger partial charge in [0.05, 0.1) is 5.56 Å². The number of rotatable bonds is 2. The molecule has 25 heavy (non-hydrogen) atoms. The number of hydrogen-bond acceptors (Lipinski definition) is 5. The van der Waals surface area contributed by atoms with E-state index in [1.807, 2.05) is 54.6 Å². The van der Waals surface area contributed by atoms with Gasteiger partial charge in [0.2, 0.25) is 5.89 Å². The zero-order valence-corrected chi connectivity index (χ0v) is 14.7. The number of oxazole rings is 1. The van der Waals surface area contributed by atoms with Crippen LogP contribution in [0.5, 0.6) is 0 Å². The Morgan fingerprint density at radius 1 is 0.840 bits per heavy atom. The van der Waals surface area contributed by atoms with E-state index in [4.69, 9.17) is 15.9 Å².